The summed E-state index contributed by atoms with van der Waals surface area (Å²) < 4.78 is 15.1. The molecule has 2 heterocycles. The maximum Gasteiger partial charge on any atom is 0.414 e. The number of carbonyl (C=O) groups is 3. The molecule has 0 radical (unpaired) electrons. The van der Waals surface area contributed by atoms with Crippen molar-refractivity contribution >= 4 is 34.2 Å². The molecule has 0 fully saturated rings. The van der Waals surface area contributed by atoms with Crippen LogP contribution in [-0.4, -0.2) is 31.3 Å². The molecule has 25 heavy (non-hydrogen) atoms. The molecular formula is C16H14N2O6S. The molecule has 0 atom stereocenters. The number of rotatable bonds is 4. The number of nitrogens with one attached hydrogen (secondary N) is 2. The van der Waals surface area contributed by atoms with Crippen molar-refractivity contribution in [2.24, 2.45) is 0 Å². The number of carbonyl (C=O) groups excluding carboxylic acids is 3. The SMILES string of the molecule is CCOC(=O)NC(=O)c1ccsc1NC(=O)c1ccc2c(c1)OCO2. The molecule has 1 aliphatic heterocycles. The minimum atomic E-state index is -0.841. The van der Waals surface area contributed by atoms with Crippen LogP contribution < -0.4 is 20.1 Å². The van der Waals surface area contributed by atoms with Crippen LogP contribution >= 0.6 is 11.3 Å². The molecule has 0 bridgehead atoms. The minimum Gasteiger partial charge on any atom is -0.454 e. The average molecular weight is 362 g/mol. The quantitative estimate of drug-likeness (QED) is 0.867. The Morgan fingerprint density at radius 2 is 1.96 bits per heavy atom. The maximum atomic E-state index is 12.4. The van der Waals surface area contributed by atoms with E-state index in [1.165, 1.54) is 17.4 Å². The van der Waals surface area contributed by atoms with E-state index in [0.717, 1.165) is 0 Å². The zero-order valence-corrected chi connectivity index (χ0v) is 14.0. The van der Waals surface area contributed by atoms with Gasteiger partial charge in [-0.05, 0) is 36.6 Å². The summed E-state index contributed by atoms with van der Waals surface area (Å²) in [4.78, 5) is 35.8. The second kappa shape index (κ2) is 7.22. The van der Waals surface area contributed by atoms with Crippen molar-refractivity contribution in [2.75, 3.05) is 18.7 Å². The molecule has 1 aromatic heterocycles. The number of ether oxygens (including phenoxy) is 3. The summed E-state index contributed by atoms with van der Waals surface area (Å²) in [6.07, 6.45) is -0.841. The van der Waals surface area contributed by atoms with Gasteiger partial charge in [0.25, 0.3) is 11.8 Å². The Kier molecular flexibility index (Phi) is 4.85. The molecular weight excluding hydrogens is 348 g/mol. The third-order valence-corrected chi connectivity index (χ3v) is 4.09. The van der Waals surface area contributed by atoms with E-state index in [1.54, 1.807) is 30.5 Å². The first-order chi connectivity index (χ1) is 12.1. The van der Waals surface area contributed by atoms with Crippen molar-refractivity contribution < 1.29 is 28.6 Å². The molecule has 0 aliphatic carbocycles. The molecule has 0 unspecified atom stereocenters. The van der Waals surface area contributed by atoms with E-state index in [4.69, 9.17) is 9.47 Å². The Bertz CT molecular complexity index is 832. The van der Waals surface area contributed by atoms with Gasteiger partial charge in [0.1, 0.15) is 5.00 Å². The van der Waals surface area contributed by atoms with Crippen LogP contribution in [0.25, 0.3) is 0 Å². The smallest absolute Gasteiger partial charge is 0.414 e. The van der Waals surface area contributed by atoms with Crippen molar-refractivity contribution in [2.45, 2.75) is 6.92 Å². The van der Waals surface area contributed by atoms with Crippen molar-refractivity contribution in [1.29, 1.82) is 0 Å². The molecule has 3 amide bonds. The highest BCUT2D eigenvalue weighted by Gasteiger charge is 2.20. The molecule has 8 nitrogen and oxygen atoms in total. The van der Waals surface area contributed by atoms with Crippen LogP contribution in [0.1, 0.15) is 27.6 Å². The molecule has 9 heteroatoms. The van der Waals surface area contributed by atoms with Crippen molar-refractivity contribution in [3.05, 3.63) is 40.8 Å². The monoisotopic (exact) mass is 362 g/mol. The molecule has 1 aliphatic rings. The predicted octanol–water partition coefficient (Wildman–Crippen LogP) is 2.62. The zero-order valence-electron chi connectivity index (χ0n) is 13.2. The van der Waals surface area contributed by atoms with E-state index < -0.39 is 17.9 Å². The number of amides is 3. The number of benzene rings is 1. The fourth-order valence-corrected chi connectivity index (χ4v) is 2.90. The van der Waals surface area contributed by atoms with Crippen LogP contribution in [0, 0.1) is 0 Å². The summed E-state index contributed by atoms with van der Waals surface area (Å²) in [5.74, 6) is -0.00657. The Morgan fingerprint density at radius 3 is 2.76 bits per heavy atom. The van der Waals surface area contributed by atoms with E-state index in [9.17, 15) is 14.4 Å². The molecule has 2 N–H and O–H groups in total. The highest BCUT2D eigenvalue weighted by atomic mass is 32.1. The summed E-state index contributed by atoms with van der Waals surface area (Å²) in [7, 11) is 0. The molecule has 130 valence electrons. The van der Waals surface area contributed by atoms with Crippen molar-refractivity contribution in [3.63, 3.8) is 0 Å². The standard InChI is InChI=1S/C16H14N2O6S/c1-2-22-16(21)18-14(20)10-5-6-25-15(10)17-13(19)9-3-4-11-12(7-9)24-8-23-11/h3-7H,2,8H2,1H3,(H,17,19)(H,18,20,21). The van der Waals surface area contributed by atoms with Crippen LogP contribution in [0.3, 0.4) is 0 Å². The Morgan fingerprint density at radius 1 is 1.16 bits per heavy atom. The summed E-state index contributed by atoms with van der Waals surface area (Å²) >= 11 is 1.17. The van der Waals surface area contributed by atoms with Crippen LogP contribution in [0.5, 0.6) is 11.5 Å². The Hall–Kier alpha value is -3.07. The lowest BCUT2D eigenvalue weighted by atomic mass is 10.2. The molecule has 0 saturated heterocycles. The average Bonchev–Trinajstić information content (AvgIpc) is 3.22. The molecule has 2 aromatic rings. The van der Waals surface area contributed by atoms with Gasteiger partial charge < -0.3 is 19.5 Å². The van der Waals surface area contributed by atoms with E-state index in [0.29, 0.717) is 22.1 Å². The number of anilines is 1. The van der Waals surface area contributed by atoms with Gasteiger partial charge in [0.2, 0.25) is 6.79 Å². The lowest BCUT2D eigenvalue weighted by molar-refractivity contribution is 0.0926. The fourth-order valence-electron chi connectivity index (χ4n) is 2.13. The van der Waals surface area contributed by atoms with Gasteiger partial charge >= 0.3 is 6.09 Å². The second-order valence-corrected chi connectivity index (χ2v) is 5.78. The number of hydrogen-bond donors (Lipinski definition) is 2. The first-order valence-electron chi connectivity index (χ1n) is 7.35. The Balaban J connectivity index is 1.71. The summed E-state index contributed by atoms with van der Waals surface area (Å²) in [5.41, 5.74) is 0.529. The first-order valence-corrected chi connectivity index (χ1v) is 8.23. The highest BCUT2D eigenvalue weighted by molar-refractivity contribution is 7.14. The summed E-state index contributed by atoms with van der Waals surface area (Å²) in [6.45, 7) is 1.89. The van der Waals surface area contributed by atoms with Gasteiger partial charge in [0, 0.05) is 5.56 Å². The molecule has 0 saturated carbocycles. The number of thiophene rings is 1. The van der Waals surface area contributed by atoms with Crippen LogP contribution in [-0.2, 0) is 4.74 Å². The maximum absolute atomic E-state index is 12.4. The van der Waals surface area contributed by atoms with E-state index in [-0.39, 0.29) is 19.0 Å². The van der Waals surface area contributed by atoms with E-state index >= 15 is 0 Å². The third kappa shape index (κ3) is 3.72. The second-order valence-electron chi connectivity index (χ2n) is 4.86. The Labute approximate surface area is 146 Å². The largest absolute Gasteiger partial charge is 0.454 e. The fraction of sp³-hybridized carbons (Fsp3) is 0.188. The molecule has 1 aromatic carbocycles. The number of fused-ring (bicyclic) bond motifs is 1. The number of hydrogen-bond acceptors (Lipinski definition) is 7. The van der Waals surface area contributed by atoms with Gasteiger partial charge in [-0.15, -0.1) is 11.3 Å². The van der Waals surface area contributed by atoms with Gasteiger partial charge in [0.15, 0.2) is 11.5 Å². The number of alkyl carbamates (subject to hydrolysis) is 1. The molecule has 0 spiro atoms. The van der Waals surface area contributed by atoms with Gasteiger partial charge in [-0.1, -0.05) is 0 Å². The predicted molar refractivity (Wildman–Crippen MR) is 89.3 cm³/mol. The normalized spacial score (nSPS) is 11.7. The lowest BCUT2D eigenvalue weighted by Crippen LogP contribution is -2.31. The van der Waals surface area contributed by atoms with E-state index in [2.05, 4.69) is 15.4 Å². The van der Waals surface area contributed by atoms with Crippen molar-refractivity contribution in [1.82, 2.24) is 5.32 Å². The minimum absolute atomic E-state index is 0.115. The summed E-state index contributed by atoms with van der Waals surface area (Å²) in [5, 5.41) is 6.70. The molecule has 3 rings (SSSR count). The first kappa shape index (κ1) is 16.8. The van der Waals surface area contributed by atoms with Gasteiger partial charge in [0.05, 0.1) is 12.2 Å². The lowest BCUT2D eigenvalue weighted by Gasteiger charge is -2.07. The van der Waals surface area contributed by atoms with Crippen LogP contribution in [0.2, 0.25) is 0 Å². The van der Waals surface area contributed by atoms with Gasteiger partial charge in [-0.3, -0.25) is 14.9 Å². The number of imide groups is 1. The van der Waals surface area contributed by atoms with Gasteiger partial charge in [-0.2, -0.15) is 0 Å². The van der Waals surface area contributed by atoms with Crippen molar-refractivity contribution in [3.8, 4) is 11.5 Å². The zero-order chi connectivity index (χ0) is 17.8. The van der Waals surface area contributed by atoms with E-state index in [1.807, 2.05) is 0 Å². The van der Waals surface area contributed by atoms with Crippen LogP contribution in [0.4, 0.5) is 9.80 Å². The third-order valence-electron chi connectivity index (χ3n) is 3.26. The summed E-state index contributed by atoms with van der Waals surface area (Å²) in [6, 6.07) is 6.30. The highest BCUT2D eigenvalue weighted by Crippen LogP contribution is 2.33. The van der Waals surface area contributed by atoms with Crippen LogP contribution in [0.15, 0.2) is 29.6 Å². The van der Waals surface area contributed by atoms with Gasteiger partial charge in [-0.25, -0.2) is 4.79 Å². The topological polar surface area (TPSA) is 103 Å².